The van der Waals surface area contributed by atoms with Crippen LogP contribution in [0.25, 0.3) is 0 Å². The number of aryl methyl sites for hydroxylation is 1. The lowest BCUT2D eigenvalue weighted by atomic mass is 10.1. The van der Waals surface area contributed by atoms with Gasteiger partial charge in [0.2, 0.25) is 11.8 Å². The second kappa shape index (κ2) is 6.91. The van der Waals surface area contributed by atoms with Crippen LogP contribution in [0, 0.1) is 6.92 Å². The zero-order valence-corrected chi connectivity index (χ0v) is 13.3. The van der Waals surface area contributed by atoms with E-state index in [1.54, 1.807) is 0 Å². The molecule has 1 heterocycles. The number of sulfone groups is 1. The molecule has 1 unspecified atom stereocenters. The molecule has 1 aromatic rings. The van der Waals surface area contributed by atoms with Gasteiger partial charge >= 0.3 is 0 Å². The Morgan fingerprint density at radius 2 is 1.95 bits per heavy atom. The summed E-state index contributed by atoms with van der Waals surface area (Å²) >= 11 is 0. The number of benzene rings is 1. The van der Waals surface area contributed by atoms with Gasteiger partial charge in [0.25, 0.3) is 0 Å². The van der Waals surface area contributed by atoms with E-state index in [0.29, 0.717) is 6.42 Å². The summed E-state index contributed by atoms with van der Waals surface area (Å²) in [6.07, 6.45) is 0.656. The summed E-state index contributed by atoms with van der Waals surface area (Å²) in [6.45, 7) is 1.79. The van der Waals surface area contributed by atoms with Crippen molar-refractivity contribution < 1.29 is 18.0 Å². The van der Waals surface area contributed by atoms with E-state index in [1.165, 1.54) is 0 Å². The number of carbonyl (C=O) groups is 2. The van der Waals surface area contributed by atoms with Crippen LogP contribution in [0.15, 0.2) is 24.3 Å². The van der Waals surface area contributed by atoms with Crippen molar-refractivity contribution in [2.45, 2.75) is 25.8 Å². The summed E-state index contributed by atoms with van der Waals surface area (Å²) < 4.78 is 22.6. The average molecular weight is 324 g/mol. The van der Waals surface area contributed by atoms with Gasteiger partial charge in [-0.3, -0.25) is 9.59 Å². The monoisotopic (exact) mass is 324 g/mol. The van der Waals surface area contributed by atoms with Gasteiger partial charge in [0.05, 0.1) is 24.5 Å². The fraction of sp³-hybridized carbons (Fsp3) is 0.467. The summed E-state index contributed by atoms with van der Waals surface area (Å²) in [4.78, 5) is 23.5. The molecule has 2 rings (SSSR count). The van der Waals surface area contributed by atoms with E-state index in [2.05, 4.69) is 10.6 Å². The Labute approximate surface area is 130 Å². The highest BCUT2D eigenvalue weighted by atomic mass is 32.2. The summed E-state index contributed by atoms with van der Waals surface area (Å²) in [5.41, 5.74) is 1.94. The van der Waals surface area contributed by atoms with Crippen molar-refractivity contribution in [3.8, 4) is 0 Å². The number of rotatable bonds is 5. The standard InChI is InChI=1S/C15H20N2O4S/c1-11-4-2-3-5-12(11)8-14(18)16-9-15(19)17-13-6-7-22(20,21)10-13/h2-5,13H,6-10H2,1H3,(H,16,18)(H,17,19). The van der Waals surface area contributed by atoms with Crippen LogP contribution in [0.3, 0.4) is 0 Å². The first-order valence-electron chi connectivity index (χ1n) is 7.17. The molecule has 0 aliphatic carbocycles. The molecular weight excluding hydrogens is 304 g/mol. The Hall–Kier alpha value is -1.89. The average Bonchev–Trinajstić information content (AvgIpc) is 2.78. The number of hydrogen-bond donors (Lipinski definition) is 2. The fourth-order valence-corrected chi connectivity index (χ4v) is 4.08. The lowest BCUT2D eigenvalue weighted by molar-refractivity contribution is -0.126. The topological polar surface area (TPSA) is 92.3 Å². The van der Waals surface area contributed by atoms with Crippen LogP contribution in [0.5, 0.6) is 0 Å². The minimum atomic E-state index is -3.02. The maximum Gasteiger partial charge on any atom is 0.239 e. The van der Waals surface area contributed by atoms with Gasteiger partial charge in [-0.05, 0) is 24.5 Å². The maximum atomic E-state index is 11.8. The number of amides is 2. The molecule has 1 aromatic carbocycles. The van der Waals surface area contributed by atoms with Gasteiger partial charge in [-0.2, -0.15) is 0 Å². The molecule has 6 nitrogen and oxygen atoms in total. The van der Waals surface area contributed by atoms with Crippen LogP contribution < -0.4 is 10.6 Å². The van der Waals surface area contributed by atoms with Gasteiger partial charge in [-0.25, -0.2) is 8.42 Å². The zero-order valence-electron chi connectivity index (χ0n) is 12.5. The highest BCUT2D eigenvalue weighted by molar-refractivity contribution is 7.91. The van der Waals surface area contributed by atoms with Crippen molar-refractivity contribution >= 4 is 21.7 Å². The molecule has 1 atom stereocenters. The Morgan fingerprint density at radius 1 is 1.23 bits per heavy atom. The molecule has 120 valence electrons. The molecule has 0 aromatic heterocycles. The highest BCUT2D eigenvalue weighted by Crippen LogP contribution is 2.11. The number of hydrogen-bond acceptors (Lipinski definition) is 4. The van der Waals surface area contributed by atoms with Crippen LogP contribution in [0.4, 0.5) is 0 Å². The molecule has 1 aliphatic heterocycles. The van der Waals surface area contributed by atoms with Gasteiger partial charge in [-0.1, -0.05) is 24.3 Å². The van der Waals surface area contributed by atoms with Crippen molar-refractivity contribution in [2.75, 3.05) is 18.1 Å². The highest BCUT2D eigenvalue weighted by Gasteiger charge is 2.28. The van der Waals surface area contributed by atoms with Crippen molar-refractivity contribution in [3.63, 3.8) is 0 Å². The lowest BCUT2D eigenvalue weighted by Gasteiger charge is -2.11. The van der Waals surface area contributed by atoms with Gasteiger partial charge in [0, 0.05) is 6.04 Å². The number of carbonyl (C=O) groups excluding carboxylic acids is 2. The molecule has 1 aliphatic rings. The third-order valence-corrected chi connectivity index (χ3v) is 5.42. The van der Waals surface area contributed by atoms with E-state index in [1.807, 2.05) is 31.2 Å². The van der Waals surface area contributed by atoms with Crippen molar-refractivity contribution in [1.82, 2.24) is 10.6 Å². The second-order valence-corrected chi connectivity index (χ2v) is 7.78. The van der Waals surface area contributed by atoms with E-state index in [9.17, 15) is 18.0 Å². The minimum absolute atomic E-state index is 0.0180. The molecule has 0 bridgehead atoms. The fourth-order valence-electron chi connectivity index (χ4n) is 2.41. The molecule has 1 saturated heterocycles. The summed E-state index contributed by atoms with van der Waals surface area (Å²) in [7, 11) is -3.02. The summed E-state index contributed by atoms with van der Waals surface area (Å²) in [6, 6.07) is 7.22. The second-order valence-electron chi connectivity index (χ2n) is 5.55. The van der Waals surface area contributed by atoms with Gasteiger partial charge in [0.1, 0.15) is 0 Å². The van der Waals surface area contributed by atoms with Crippen molar-refractivity contribution in [3.05, 3.63) is 35.4 Å². The van der Waals surface area contributed by atoms with Crippen LogP contribution in [0.2, 0.25) is 0 Å². The van der Waals surface area contributed by atoms with Gasteiger partial charge in [0.15, 0.2) is 9.84 Å². The zero-order chi connectivity index (χ0) is 16.2. The van der Waals surface area contributed by atoms with E-state index >= 15 is 0 Å². The molecule has 0 radical (unpaired) electrons. The van der Waals surface area contributed by atoms with Crippen LogP contribution >= 0.6 is 0 Å². The van der Waals surface area contributed by atoms with E-state index in [4.69, 9.17) is 0 Å². The molecule has 2 amide bonds. The Kier molecular flexibility index (Phi) is 5.18. The first-order valence-corrected chi connectivity index (χ1v) is 8.99. The first-order chi connectivity index (χ1) is 10.4. The largest absolute Gasteiger partial charge is 0.351 e. The normalized spacial score (nSPS) is 19.6. The molecule has 2 N–H and O–H groups in total. The molecule has 0 saturated carbocycles. The van der Waals surface area contributed by atoms with E-state index < -0.39 is 9.84 Å². The molecule has 0 spiro atoms. The van der Waals surface area contributed by atoms with Crippen LogP contribution in [0.1, 0.15) is 17.5 Å². The molecular formula is C15H20N2O4S. The van der Waals surface area contributed by atoms with Crippen LogP contribution in [-0.2, 0) is 25.8 Å². The van der Waals surface area contributed by atoms with Crippen molar-refractivity contribution in [2.24, 2.45) is 0 Å². The lowest BCUT2D eigenvalue weighted by Crippen LogP contribution is -2.42. The summed E-state index contributed by atoms with van der Waals surface area (Å²) in [5.74, 6) is -0.503. The van der Waals surface area contributed by atoms with E-state index in [0.717, 1.165) is 11.1 Å². The Balaban J connectivity index is 1.74. The maximum absolute atomic E-state index is 11.8. The van der Waals surface area contributed by atoms with Crippen molar-refractivity contribution in [1.29, 1.82) is 0 Å². The predicted molar refractivity (Wildman–Crippen MR) is 83.1 cm³/mol. The SMILES string of the molecule is Cc1ccccc1CC(=O)NCC(=O)NC1CCS(=O)(=O)C1. The van der Waals surface area contributed by atoms with Gasteiger partial charge in [-0.15, -0.1) is 0 Å². The van der Waals surface area contributed by atoms with Gasteiger partial charge < -0.3 is 10.6 Å². The molecule has 1 fully saturated rings. The summed E-state index contributed by atoms with van der Waals surface area (Å²) in [5, 5.41) is 5.18. The first kappa shape index (κ1) is 16.5. The quantitative estimate of drug-likeness (QED) is 0.795. The minimum Gasteiger partial charge on any atom is -0.351 e. The van der Waals surface area contributed by atoms with Crippen LogP contribution in [-0.4, -0.2) is 44.3 Å². The number of nitrogens with one attached hydrogen (secondary N) is 2. The molecule has 22 heavy (non-hydrogen) atoms. The smallest absolute Gasteiger partial charge is 0.239 e. The van der Waals surface area contributed by atoms with E-state index in [-0.39, 0.29) is 42.3 Å². The Morgan fingerprint density at radius 3 is 2.59 bits per heavy atom. The third-order valence-electron chi connectivity index (χ3n) is 3.66. The predicted octanol–water partition coefficient (Wildman–Crippen LogP) is -0.0430. The third kappa shape index (κ3) is 4.84. The molecule has 7 heteroatoms. The Bertz CT molecular complexity index is 670.